The third kappa shape index (κ3) is 4.22. The molecule has 106 valence electrons. The van der Waals surface area contributed by atoms with Crippen molar-refractivity contribution in [1.82, 2.24) is 4.98 Å². The Hall–Kier alpha value is -1.05. The molecule has 1 aromatic heterocycles. The maximum Gasteiger partial charge on any atom is 0.309 e. The molecule has 0 radical (unpaired) electrons. The lowest BCUT2D eigenvalue weighted by Gasteiger charge is -2.07. The van der Waals surface area contributed by atoms with Crippen molar-refractivity contribution in [2.45, 2.75) is 16.5 Å². The third-order valence-electron chi connectivity index (χ3n) is 2.46. The number of halogens is 1. The molecule has 4 nitrogen and oxygen atoms in total. The van der Waals surface area contributed by atoms with Crippen molar-refractivity contribution in [3.05, 3.63) is 39.3 Å². The molecule has 0 saturated heterocycles. The number of hydrogen-bond acceptors (Lipinski definition) is 5. The molecule has 0 bridgehead atoms. The minimum absolute atomic E-state index is 0.0305. The summed E-state index contributed by atoms with van der Waals surface area (Å²) in [5, 5.41) is 10.5. The first-order valence-electron chi connectivity index (χ1n) is 5.70. The highest BCUT2D eigenvalue weighted by Crippen LogP contribution is 2.31. The van der Waals surface area contributed by atoms with E-state index in [-0.39, 0.29) is 6.42 Å². The molecule has 7 heteroatoms. The number of hydrogen-bond donors (Lipinski definition) is 1. The van der Waals surface area contributed by atoms with Crippen LogP contribution >= 0.6 is 39.0 Å². The van der Waals surface area contributed by atoms with Gasteiger partial charge in [0.05, 0.1) is 19.2 Å². The summed E-state index contributed by atoms with van der Waals surface area (Å²) in [5.74, 6) is 0.700. The zero-order valence-corrected chi connectivity index (χ0v) is 13.8. The summed E-state index contributed by atoms with van der Waals surface area (Å²) < 4.78 is 7.18. The van der Waals surface area contributed by atoms with Crippen LogP contribution in [0.2, 0.25) is 0 Å². The second kappa shape index (κ2) is 7.10. The van der Waals surface area contributed by atoms with Crippen molar-refractivity contribution >= 4 is 45.0 Å². The highest BCUT2D eigenvalue weighted by molar-refractivity contribution is 9.10. The molecule has 0 atom stereocenters. The smallest absolute Gasteiger partial charge is 0.309 e. The molecular weight excluding hydrogens is 362 g/mol. The molecule has 2 aromatic rings. The van der Waals surface area contributed by atoms with Crippen LogP contribution in [-0.2, 0) is 17.0 Å². The molecule has 0 unspecified atom stereocenters. The number of methoxy groups -OCH3 is 1. The first-order chi connectivity index (χ1) is 9.58. The molecule has 0 aliphatic heterocycles. The van der Waals surface area contributed by atoms with Crippen LogP contribution in [0.1, 0.15) is 11.3 Å². The quantitative estimate of drug-likeness (QED) is 0.779. The number of thioether (sulfide) groups is 1. The van der Waals surface area contributed by atoms with Crippen molar-refractivity contribution < 1.29 is 14.6 Å². The molecule has 1 aromatic carbocycles. The van der Waals surface area contributed by atoms with E-state index in [1.165, 1.54) is 11.3 Å². The van der Waals surface area contributed by atoms with Gasteiger partial charge in [0.15, 0.2) is 0 Å². The topological polar surface area (TPSA) is 59.4 Å². The van der Waals surface area contributed by atoms with Crippen LogP contribution in [0.3, 0.4) is 0 Å². The number of carbonyl (C=O) groups is 1. The maximum absolute atomic E-state index is 10.6. The number of aromatic nitrogens is 1. The van der Waals surface area contributed by atoms with Gasteiger partial charge in [-0.05, 0) is 18.2 Å². The largest absolute Gasteiger partial charge is 0.496 e. The van der Waals surface area contributed by atoms with Gasteiger partial charge in [-0.3, -0.25) is 4.79 Å². The van der Waals surface area contributed by atoms with E-state index in [0.717, 1.165) is 25.9 Å². The Morgan fingerprint density at radius 1 is 1.55 bits per heavy atom. The molecule has 2 rings (SSSR count). The van der Waals surface area contributed by atoms with Gasteiger partial charge in [-0.25, -0.2) is 4.98 Å². The molecule has 0 spiro atoms. The molecular formula is C13H12BrNO3S2. The minimum atomic E-state index is -0.861. The van der Waals surface area contributed by atoms with Crippen LogP contribution in [0.25, 0.3) is 0 Å². The van der Waals surface area contributed by atoms with Gasteiger partial charge in [0.25, 0.3) is 0 Å². The predicted molar refractivity (Wildman–Crippen MR) is 83.7 cm³/mol. The van der Waals surface area contributed by atoms with Gasteiger partial charge in [0.1, 0.15) is 10.1 Å². The second-order valence-corrected chi connectivity index (χ2v) is 6.92. The first-order valence-corrected chi connectivity index (χ1v) is 8.35. The summed E-state index contributed by atoms with van der Waals surface area (Å²) in [6.45, 7) is 0. The monoisotopic (exact) mass is 373 g/mol. The Balaban J connectivity index is 2.03. The molecule has 1 N–H and O–H groups in total. The molecule has 0 aliphatic rings. The lowest BCUT2D eigenvalue weighted by atomic mass is 10.2. The number of rotatable bonds is 6. The van der Waals surface area contributed by atoms with Crippen molar-refractivity contribution in [1.29, 1.82) is 0 Å². The average Bonchev–Trinajstić information content (AvgIpc) is 2.83. The van der Waals surface area contributed by atoms with E-state index in [2.05, 4.69) is 20.9 Å². The molecule has 20 heavy (non-hydrogen) atoms. The van der Waals surface area contributed by atoms with Gasteiger partial charge in [-0.2, -0.15) is 0 Å². The van der Waals surface area contributed by atoms with Crippen molar-refractivity contribution in [3.8, 4) is 5.75 Å². The first kappa shape index (κ1) is 15.3. The number of aliphatic carboxylic acids is 1. The molecule has 0 amide bonds. The van der Waals surface area contributed by atoms with Gasteiger partial charge in [0.2, 0.25) is 0 Å². The highest BCUT2D eigenvalue weighted by Gasteiger charge is 2.09. The highest BCUT2D eigenvalue weighted by atomic mass is 79.9. The van der Waals surface area contributed by atoms with Crippen LogP contribution in [0, 0.1) is 0 Å². The van der Waals surface area contributed by atoms with Crippen molar-refractivity contribution in [2.75, 3.05) is 7.11 Å². The summed E-state index contributed by atoms with van der Waals surface area (Å²) in [6.07, 6.45) is -0.0305. The molecule has 0 saturated carbocycles. The summed E-state index contributed by atoms with van der Waals surface area (Å²) in [5.41, 5.74) is 1.67. The van der Waals surface area contributed by atoms with Crippen LogP contribution < -0.4 is 4.74 Å². The standard InChI is InChI=1S/C13H12BrNO3S2/c1-18-11-3-2-9(14)4-8(11)6-19-13-15-10(7-20-13)5-12(16)17/h2-4,7H,5-6H2,1H3,(H,16,17). The van der Waals surface area contributed by atoms with E-state index in [4.69, 9.17) is 9.84 Å². The van der Waals surface area contributed by atoms with E-state index in [0.29, 0.717) is 5.69 Å². The fourth-order valence-corrected chi connectivity index (χ4v) is 3.82. The Morgan fingerprint density at radius 2 is 2.35 bits per heavy atom. The zero-order chi connectivity index (χ0) is 14.5. The number of ether oxygens (including phenoxy) is 1. The third-order valence-corrected chi connectivity index (χ3v) is 5.07. The van der Waals surface area contributed by atoms with Gasteiger partial charge >= 0.3 is 5.97 Å². The molecule has 0 fully saturated rings. The van der Waals surface area contributed by atoms with Crippen LogP contribution in [0.4, 0.5) is 0 Å². The lowest BCUT2D eigenvalue weighted by molar-refractivity contribution is -0.136. The van der Waals surface area contributed by atoms with E-state index < -0.39 is 5.97 Å². The summed E-state index contributed by atoms with van der Waals surface area (Å²) in [4.78, 5) is 14.9. The Labute approximate surface area is 133 Å². The van der Waals surface area contributed by atoms with Crippen LogP contribution in [-0.4, -0.2) is 23.2 Å². The van der Waals surface area contributed by atoms with Crippen molar-refractivity contribution in [3.63, 3.8) is 0 Å². The molecule has 1 heterocycles. The molecule has 0 aliphatic carbocycles. The average molecular weight is 374 g/mol. The SMILES string of the molecule is COc1ccc(Br)cc1CSc1nc(CC(=O)O)cs1. The number of nitrogens with zero attached hydrogens (tertiary/aromatic N) is 1. The normalized spacial score (nSPS) is 10.5. The maximum atomic E-state index is 10.6. The van der Waals surface area contributed by atoms with Crippen LogP contribution in [0.15, 0.2) is 32.4 Å². The predicted octanol–water partition coefficient (Wildman–Crippen LogP) is 3.83. The lowest BCUT2D eigenvalue weighted by Crippen LogP contribution is -1.99. The second-order valence-electron chi connectivity index (χ2n) is 3.92. The Bertz CT molecular complexity index is 615. The van der Waals surface area contributed by atoms with E-state index in [1.807, 2.05) is 18.2 Å². The van der Waals surface area contributed by atoms with Gasteiger partial charge in [-0.15, -0.1) is 11.3 Å². The summed E-state index contributed by atoms with van der Waals surface area (Å²) >= 11 is 6.48. The fourth-order valence-electron chi connectivity index (χ4n) is 1.59. The fraction of sp³-hybridized carbons (Fsp3) is 0.231. The number of carboxylic acid groups (broad SMARTS) is 1. The zero-order valence-electron chi connectivity index (χ0n) is 10.6. The van der Waals surface area contributed by atoms with Crippen LogP contribution in [0.5, 0.6) is 5.75 Å². The Kier molecular flexibility index (Phi) is 5.45. The van der Waals surface area contributed by atoms with Crippen molar-refractivity contribution in [2.24, 2.45) is 0 Å². The van der Waals surface area contributed by atoms with Gasteiger partial charge in [-0.1, -0.05) is 27.7 Å². The van der Waals surface area contributed by atoms with E-state index in [9.17, 15) is 4.79 Å². The number of thiazole rings is 1. The van der Waals surface area contributed by atoms with E-state index in [1.54, 1.807) is 24.3 Å². The number of benzene rings is 1. The summed E-state index contributed by atoms with van der Waals surface area (Å²) in [6, 6.07) is 5.86. The Morgan fingerprint density at radius 3 is 3.05 bits per heavy atom. The van der Waals surface area contributed by atoms with Gasteiger partial charge in [0, 0.05) is 21.2 Å². The van der Waals surface area contributed by atoms with E-state index >= 15 is 0 Å². The van der Waals surface area contributed by atoms with Gasteiger partial charge < -0.3 is 9.84 Å². The minimum Gasteiger partial charge on any atom is -0.496 e. The number of carboxylic acids is 1. The summed E-state index contributed by atoms with van der Waals surface area (Å²) in [7, 11) is 1.64.